The number of hydrogen-bond donors (Lipinski definition) is 0. The highest BCUT2D eigenvalue weighted by atomic mass is 16.3. The summed E-state index contributed by atoms with van der Waals surface area (Å²) in [5.41, 5.74) is 11.3. The summed E-state index contributed by atoms with van der Waals surface area (Å²) in [7, 11) is 0. The van der Waals surface area contributed by atoms with Crippen LogP contribution in [0, 0.1) is 0 Å². The first kappa shape index (κ1) is 27.5. The smallest absolute Gasteiger partial charge is 0.143 e. The molecule has 0 unspecified atom stereocenters. The highest BCUT2D eigenvalue weighted by Gasteiger charge is 2.21. The van der Waals surface area contributed by atoms with E-state index < -0.39 is 0 Å². The van der Waals surface area contributed by atoms with Gasteiger partial charge in [0, 0.05) is 44.2 Å². The van der Waals surface area contributed by atoms with Crippen LogP contribution in [0.15, 0.2) is 185 Å². The first-order chi connectivity index (χ1) is 24.3. The Morgan fingerprint density at radius 3 is 1.69 bits per heavy atom. The second-order valence-electron chi connectivity index (χ2n) is 12.5. The van der Waals surface area contributed by atoms with Gasteiger partial charge in [-0.3, -0.25) is 0 Å². The van der Waals surface area contributed by atoms with Crippen LogP contribution in [0.25, 0.3) is 76.9 Å². The van der Waals surface area contributed by atoms with E-state index in [4.69, 9.17) is 8.83 Å². The number of furan rings is 2. The molecule has 10 rings (SSSR count). The molecule has 0 N–H and O–H groups in total. The minimum Gasteiger partial charge on any atom is -0.456 e. The third kappa shape index (κ3) is 4.44. The third-order valence-electron chi connectivity index (χ3n) is 9.64. The van der Waals surface area contributed by atoms with E-state index in [1.807, 2.05) is 24.3 Å². The molecule has 0 spiro atoms. The molecular formula is C46H29NO2. The number of benzene rings is 8. The molecule has 0 aliphatic rings. The molecule has 8 aromatic carbocycles. The van der Waals surface area contributed by atoms with Crippen LogP contribution < -0.4 is 4.90 Å². The fourth-order valence-corrected chi connectivity index (χ4v) is 7.42. The van der Waals surface area contributed by atoms with E-state index in [-0.39, 0.29) is 0 Å². The average Bonchev–Trinajstić information content (AvgIpc) is 3.74. The quantitative estimate of drug-likeness (QED) is 0.190. The lowest BCUT2D eigenvalue weighted by Gasteiger charge is -2.25. The zero-order valence-corrected chi connectivity index (χ0v) is 26.5. The average molecular weight is 628 g/mol. The van der Waals surface area contributed by atoms with E-state index >= 15 is 0 Å². The number of hydrogen-bond acceptors (Lipinski definition) is 3. The lowest BCUT2D eigenvalue weighted by atomic mass is 9.92. The molecule has 0 atom stereocenters. The van der Waals surface area contributed by atoms with E-state index in [1.54, 1.807) is 0 Å². The van der Waals surface area contributed by atoms with Crippen LogP contribution in [0.5, 0.6) is 0 Å². The topological polar surface area (TPSA) is 29.5 Å². The standard InChI is InChI=1S/C46H29NO2/c1-3-14-33(15-4-1)47(34-16-5-2-6-17-34)35-24-22-30(23-25-35)32-28-39(37-20-11-13-31-12-7-8-18-36(31)37)46-40(29-32)45-43(49-46)27-26-42-44(45)38-19-9-10-21-41(38)48-42/h1-29H. The highest BCUT2D eigenvalue weighted by molar-refractivity contribution is 6.27. The number of fused-ring (bicyclic) bond motifs is 8. The molecule has 230 valence electrons. The summed E-state index contributed by atoms with van der Waals surface area (Å²) in [6.45, 7) is 0. The van der Waals surface area contributed by atoms with Crippen molar-refractivity contribution in [1.29, 1.82) is 0 Å². The van der Waals surface area contributed by atoms with Gasteiger partial charge in [-0.25, -0.2) is 0 Å². The maximum absolute atomic E-state index is 6.80. The molecule has 0 saturated carbocycles. The molecule has 0 bridgehead atoms. The molecule has 2 heterocycles. The number of rotatable bonds is 5. The van der Waals surface area contributed by atoms with Crippen molar-refractivity contribution in [1.82, 2.24) is 0 Å². The largest absolute Gasteiger partial charge is 0.456 e. The molecule has 0 aliphatic carbocycles. The summed E-state index contributed by atoms with van der Waals surface area (Å²) in [6.07, 6.45) is 0. The number of para-hydroxylation sites is 3. The molecule has 10 aromatic rings. The molecule has 49 heavy (non-hydrogen) atoms. The Bertz CT molecular complexity index is 2770. The second kappa shape index (κ2) is 11.0. The lowest BCUT2D eigenvalue weighted by molar-refractivity contribution is 0.663. The van der Waals surface area contributed by atoms with Gasteiger partial charge in [-0.1, -0.05) is 109 Å². The summed E-state index contributed by atoms with van der Waals surface area (Å²) in [5, 5.41) is 6.73. The van der Waals surface area contributed by atoms with Gasteiger partial charge in [-0.05, 0) is 94.2 Å². The van der Waals surface area contributed by atoms with Crippen LogP contribution in [0.4, 0.5) is 17.1 Å². The van der Waals surface area contributed by atoms with Crippen molar-refractivity contribution in [2.24, 2.45) is 0 Å². The molecule has 0 fully saturated rings. The molecule has 3 heteroatoms. The monoisotopic (exact) mass is 627 g/mol. The van der Waals surface area contributed by atoms with Gasteiger partial charge in [-0.15, -0.1) is 0 Å². The van der Waals surface area contributed by atoms with E-state index in [9.17, 15) is 0 Å². The van der Waals surface area contributed by atoms with Crippen molar-refractivity contribution in [3.05, 3.63) is 176 Å². The van der Waals surface area contributed by atoms with E-state index in [0.29, 0.717) is 0 Å². The molecular weight excluding hydrogens is 599 g/mol. The molecule has 0 amide bonds. The molecule has 0 saturated heterocycles. The van der Waals surface area contributed by atoms with Crippen LogP contribution in [0.3, 0.4) is 0 Å². The van der Waals surface area contributed by atoms with Gasteiger partial charge in [-0.2, -0.15) is 0 Å². The molecule has 0 radical (unpaired) electrons. The van der Waals surface area contributed by atoms with Crippen LogP contribution >= 0.6 is 0 Å². The van der Waals surface area contributed by atoms with Crippen molar-refractivity contribution in [2.75, 3.05) is 4.90 Å². The fourth-order valence-electron chi connectivity index (χ4n) is 7.42. The first-order valence-electron chi connectivity index (χ1n) is 16.6. The van der Waals surface area contributed by atoms with E-state index in [2.05, 4.69) is 157 Å². The highest BCUT2D eigenvalue weighted by Crippen LogP contribution is 2.46. The van der Waals surface area contributed by atoms with Gasteiger partial charge in [0.25, 0.3) is 0 Å². The number of nitrogens with zero attached hydrogens (tertiary/aromatic N) is 1. The predicted octanol–water partition coefficient (Wildman–Crippen LogP) is 13.4. The second-order valence-corrected chi connectivity index (χ2v) is 12.5. The van der Waals surface area contributed by atoms with Gasteiger partial charge < -0.3 is 13.7 Å². The summed E-state index contributed by atoms with van der Waals surface area (Å²) < 4.78 is 13.1. The Kier molecular flexibility index (Phi) is 6.18. The predicted molar refractivity (Wildman–Crippen MR) is 204 cm³/mol. The van der Waals surface area contributed by atoms with Gasteiger partial charge in [0.05, 0.1) is 0 Å². The summed E-state index contributed by atoms with van der Waals surface area (Å²) in [4.78, 5) is 2.29. The minimum absolute atomic E-state index is 0.851. The Labute approximate surface area is 282 Å². The Balaban J connectivity index is 1.22. The van der Waals surface area contributed by atoms with Crippen LogP contribution in [-0.2, 0) is 0 Å². The van der Waals surface area contributed by atoms with Crippen molar-refractivity contribution in [3.63, 3.8) is 0 Å². The van der Waals surface area contributed by atoms with Gasteiger partial charge >= 0.3 is 0 Å². The van der Waals surface area contributed by atoms with Gasteiger partial charge in [0.15, 0.2) is 0 Å². The molecule has 2 aromatic heterocycles. The minimum atomic E-state index is 0.851. The lowest BCUT2D eigenvalue weighted by Crippen LogP contribution is -2.09. The van der Waals surface area contributed by atoms with Crippen LogP contribution in [0.1, 0.15) is 0 Å². The van der Waals surface area contributed by atoms with Crippen molar-refractivity contribution >= 4 is 71.7 Å². The van der Waals surface area contributed by atoms with Gasteiger partial charge in [0.2, 0.25) is 0 Å². The SMILES string of the molecule is c1ccc(N(c2ccccc2)c2ccc(-c3cc(-c4cccc5ccccc45)c4oc5ccc6oc7ccccc7c6c5c4c3)cc2)cc1. The zero-order chi connectivity index (χ0) is 32.3. The van der Waals surface area contributed by atoms with Crippen molar-refractivity contribution < 1.29 is 8.83 Å². The zero-order valence-electron chi connectivity index (χ0n) is 26.5. The molecule has 3 nitrogen and oxygen atoms in total. The maximum atomic E-state index is 6.80. The Morgan fingerprint density at radius 2 is 0.939 bits per heavy atom. The van der Waals surface area contributed by atoms with Crippen LogP contribution in [-0.4, -0.2) is 0 Å². The summed E-state index contributed by atoms with van der Waals surface area (Å²) >= 11 is 0. The van der Waals surface area contributed by atoms with Gasteiger partial charge in [0.1, 0.15) is 22.3 Å². The van der Waals surface area contributed by atoms with E-state index in [1.165, 1.54) is 10.8 Å². The number of anilines is 3. The molecule has 0 aliphatic heterocycles. The summed E-state index contributed by atoms with van der Waals surface area (Å²) in [6, 6.07) is 61.9. The van der Waals surface area contributed by atoms with Crippen molar-refractivity contribution in [2.45, 2.75) is 0 Å². The van der Waals surface area contributed by atoms with Crippen molar-refractivity contribution in [3.8, 4) is 22.3 Å². The fraction of sp³-hybridized carbons (Fsp3) is 0. The Morgan fingerprint density at radius 1 is 0.347 bits per heavy atom. The summed E-state index contributed by atoms with van der Waals surface area (Å²) in [5.74, 6) is 0. The maximum Gasteiger partial charge on any atom is 0.143 e. The van der Waals surface area contributed by atoms with Crippen LogP contribution in [0.2, 0.25) is 0 Å². The first-order valence-corrected chi connectivity index (χ1v) is 16.6. The van der Waals surface area contributed by atoms with E-state index in [0.717, 1.165) is 83.2 Å². The third-order valence-corrected chi connectivity index (χ3v) is 9.64. The Hall–Kier alpha value is -6.58. The normalized spacial score (nSPS) is 11.7.